The van der Waals surface area contributed by atoms with Gasteiger partial charge in [0.25, 0.3) is 0 Å². The third kappa shape index (κ3) is 4.53. The number of hydrogen-bond acceptors (Lipinski definition) is 4. The Labute approximate surface area is 191 Å². The minimum atomic E-state index is -1.22. The maximum absolute atomic E-state index is 12.1. The first-order valence-electron chi connectivity index (χ1n) is 9.12. The molecule has 0 aliphatic heterocycles. The van der Waals surface area contributed by atoms with Crippen molar-refractivity contribution in [2.75, 3.05) is 10.2 Å². The van der Waals surface area contributed by atoms with Crippen molar-refractivity contribution < 1.29 is 19.4 Å². The first-order valence-corrected chi connectivity index (χ1v) is 9.88. The number of nitrogens with one attached hydrogen (secondary N) is 2. The zero-order valence-electron chi connectivity index (χ0n) is 16.2. The summed E-state index contributed by atoms with van der Waals surface area (Å²) in [5.41, 5.74) is 7.57. The van der Waals surface area contributed by atoms with Gasteiger partial charge in [0, 0.05) is 11.1 Å². The Bertz CT molecular complexity index is 1320. The van der Waals surface area contributed by atoms with Crippen LogP contribution in [0, 0.1) is 0 Å². The van der Waals surface area contributed by atoms with E-state index in [0.717, 1.165) is 0 Å². The normalized spacial score (nSPS) is 10.7. The Kier molecular flexibility index (Phi) is 5.76. The zero-order valence-corrected chi connectivity index (χ0v) is 17.7. The summed E-state index contributed by atoms with van der Waals surface area (Å²) >= 11 is 12.3. The summed E-state index contributed by atoms with van der Waals surface area (Å²) in [5, 5.41) is 11.7. The molecular formula is C21H15Cl2N5O4. The number of aromatic nitrogens is 2. The molecule has 0 fully saturated rings. The molecule has 0 radical (unpaired) electrons. The topological polar surface area (TPSA) is 134 Å². The summed E-state index contributed by atoms with van der Waals surface area (Å²) in [6.07, 6.45) is -1.22. The number of H-pyrrole nitrogens is 1. The summed E-state index contributed by atoms with van der Waals surface area (Å²) < 4.78 is 5.85. The Balaban J connectivity index is 1.57. The predicted molar refractivity (Wildman–Crippen MR) is 122 cm³/mol. The maximum Gasteiger partial charge on any atom is 0.411 e. The fourth-order valence-corrected chi connectivity index (χ4v) is 3.42. The molecule has 5 N–H and O–H groups in total. The van der Waals surface area contributed by atoms with E-state index in [1.54, 1.807) is 60.7 Å². The first kappa shape index (κ1) is 21.3. The number of amides is 3. The average molecular weight is 472 g/mol. The number of aromatic amines is 1. The molecule has 162 valence electrons. The number of imidazole rings is 1. The highest BCUT2D eigenvalue weighted by Crippen LogP contribution is 2.35. The van der Waals surface area contributed by atoms with Crippen LogP contribution in [0.3, 0.4) is 0 Å². The number of rotatable bonds is 5. The number of nitrogens with two attached hydrogens (primary N) is 1. The van der Waals surface area contributed by atoms with Gasteiger partial charge in [-0.1, -0.05) is 23.2 Å². The number of anilines is 3. The van der Waals surface area contributed by atoms with Gasteiger partial charge in [-0.2, -0.15) is 0 Å². The second-order valence-electron chi connectivity index (χ2n) is 6.56. The molecule has 9 nitrogen and oxygen atoms in total. The van der Waals surface area contributed by atoms with Crippen LogP contribution < -0.4 is 20.7 Å². The molecule has 11 heteroatoms. The van der Waals surface area contributed by atoms with Crippen molar-refractivity contribution in [3.63, 3.8) is 0 Å². The molecule has 3 aromatic carbocycles. The Morgan fingerprint density at radius 1 is 1.03 bits per heavy atom. The molecule has 0 atom stereocenters. The van der Waals surface area contributed by atoms with Crippen molar-refractivity contribution in [2.24, 2.45) is 5.73 Å². The minimum Gasteiger partial charge on any atom is -0.465 e. The highest BCUT2D eigenvalue weighted by molar-refractivity contribution is 6.36. The predicted octanol–water partition coefficient (Wildman–Crippen LogP) is 5.97. The Morgan fingerprint density at radius 3 is 2.44 bits per heavy atom. The second kappa shape index (κ2) is 8.66. The molecule has 0 spiro atoms. The van der Waals surface area contributed by atoms with Crippen LogP contribution in [-0.2, 0) is 0 Å². The minimum absolute atomic E-state index is 0.111. The number of fused-ring (bicyclic) bond motifs is 1. The van der Waals surface area contributed by atoms with E-state index in [2.05, 4.69) is 15.3 Å². The highest BCUT2D eigenvalue weighted by Gasteiger charge is 2.18. The van der Waals surface area contributed by atoms with E-state index in [9.17, 15) is 9.59 Å². The lowest BCUT2D eigenvalue weighted by Gasteiger charge is -2.22. The molecule has 0 aliphatic rings. The van der Waals surface area contributed by atoms with Crippen molar-refractivity contribution in [2.45, 2.75) is 0 Å². The van der Waals surface area contributed by atoms with Gasteiger partial charge in [-0.05, 0) is 54.6 Å². The highest BCUT2D eigenvalue weighted by atomic mass is 35.5. The van der Waals surface area contributed by atoms with Crippen molar-refractivity contribution in [3.05, 3.63) is 70.7 Å². The summed E-state index contributed by atoms with van der Waals surface area (Å²) in [6, 6.07) is 15.7. The molecule has 4 aromatic rings. The fraction of sp³-hybridized carbons (Fsp3) is 0. The van der Waals surface area contributed by atoms with Gasteiger partial charge in [-0.3, -0.25) is 10.2 Å². The number of hydrogen-bond donors (Lipinski definition) is 4. The van der Waals surface area contributed by atoms with Gasteiger partial charge in [0.2, 0.25) is 5.95 Å². The third-order valence-electron chi connectivity index (χ3n) is 4.38. The molecule has 1 heterocycles. The molecule has 0 bridgehead atoms. The molecule has 0 unspecified atom stereocenters. The van der Waals surface area contributed by atoms with Gasteiger partial charge in [-0.15, -0.1) is 0 Å². The largest absolute Gasteiger partial charge is 0.465 e. The number of halogens is 2. The summed E-state index contributed by atoms with van der Waals surface area (Å²) in [5.74, 6) is 1.11. The Hall–Kier alpha value is -3.95. The van der Waals surface area contributed by atoms with Gasteiger partial charge < -0.3 is 20.6 Å². The first-order chi connectivity index (χ1) is 15.3. The average Bonchev–Trinajstić information content (AvgIpc) is 3.12. The van der Waals surface area contributed by atoms with E-state index in [0.29, 0.717) is 44.0 Å². The van der Waals surface area contributed by atoms with Crippen LogP contribution in [0.1, 0.15) is 0 Å². The molecule has 1 aromatic heterocycles. The van der Waals surface area contributed by atoms with E-state index < -0.39 is 12.1 Å². The number of carbonyl (C=O) groups is 2. The van der Waals surface area contributed by atoms with E-state index >= 15 is 0 Å². The van der Waals surface area contributed by atoms with Crippen LogP contribution in [-0.4, -0.2) is 27.2 Å². The summed E-state index contributed by atoms with van der Waals surface area (Å²) in [7, 11) is 0. The molecule has 0 saturated carbocycles. The maximum atomic E-state index is 12.1. The fourth-order valence-electron chi connectivity index (χ4n) is 3.05. The van der Waals surface area contributed by atoms with Crippen molar-refractivity contribution in [1.82, 2.24) is 9.97 Å². The smallest absolute Gasteiger partial charge is 0.411 e. The number of benzene rings is 3. The SMILES string of the molecule is NC(=O)N(c1ccc(Oc2ccc3nc(NC(=O)O)[nH]c3c2)cc1)c1cc(Cl)ccc1Cl. The number of primary amides is 1. The van der Waals surface area contributed by atoms with Crippen molar-refractivity contribution in [1.29, 1.82) is 0 Å². The van der Waals surface area contributed by atoms with Crippen LogP contribution >= 0.6 is 23.2 Å². The monoisotopic (exact) mass is 471 g/mol. The standard InChI is InChI=1S/C21H15Cl2N5O4/c22-11-1-7-15(23)18(9-11)28(19(24)29)12-2-4-13(5-3-12)32-14-6-8-16-17(10-14)26-20(25-16)27-21(30)31/h1-10H,(H2,24,29)(H,30,31)(H2,25,26,27). The molecule has 32 heavy (non-hydrogen) atoms. The second-order valence-corrected chi connectivity index (χ2v) is 7.40. The van der Waals surface area contributed by atoms with Gasteiger partial charge in [0.15, 0.2) is 0 Å². The number of carbonyl (C=O) groups excluding carboxylic acids is 1. The van der Waals surface area contributed by atoms with Crippen LogP contribution in [0.2, 0.25) is 10.0 Å². The lowest BCUT2D eigenvalue weighted by atomic mass is 10.2. The zero-order chi connectivity index (χ0) is 22.8. The summed E-state index contributed by atoms with van der Waals surface area (Å²) in [4.78, 5) is 31.1. The van der Waals surface area contributed by atoms with Gasteiger partial charge in [0.1, 0.15) is 11.5 Å². The molecule has 0 saturated heterocycles. The van der Waals surface area contributed by atoms with E-state index in [-0.39, 0.29) is 5.95 Å². The van der Waals surface area contributed by atoms with Gasteiger partial charge in [0.05, 0.1) is 27.4 Å². The molecule has 4 rings (SSSR count). The lowest BCUT2D eigenvalue weighted by molar-refractivity contribution is 0.209. The number of carboxylic acid groups (broad SMARTS) is 1. The van der Waals surface area contributed by atoms with E-state index in [4.69, 9.17) is 38.8 Å². The number of nitrogens with zero attached hydrogens (tertiary/aromatic N) is 2. The third-order valence-corrected chi connectivity index (χ3v) is 4.93. The van der Waals surface area contributed by atoms with Crippen LogP contribution in [0.4, 0.5) is 26.9 Å². The van der Waals surface area contributed by atoms with Crippen LogP contribution in [0.25, 0.3) is 11.0 Å². The lowest BCUT2D eigenvalue weighted by Crippen LogP contribution is -2.31. The van der Waals surface area contributed by atoms with Crippen molar-refractivity contribution in [3.8, 4) is 11.5 Å². The molecule has 0 aliphatic carbocycles. The van der Waals surface area contributed by atoms with Crippen LogP contribution in [0.15, 0.2) is 60.7 Å². The van der Waals surface area contributed by atoms with E-state index in [1.807, 2.05) is 0 Å². The number of ether oxygens (including phenoxy) is 1. The Morgan fingerprint density at radius 2 is 1.75 bits per heavy atom. The number of urea groups is 1. The summed E-state index contributed by atoms with van der Waals surface area (Å²) in [6.45, 7) is 0. The van der Waals surface area contributed by atoms with Crippen LogP contribution in [0.5, 0.6) is 11.5 Å². The quantitative estimate of drug-likeness (QED) is 0.284. The van der Waals surface area contributed by atoms with Gasteiger partial charge >= 0.3 is 12.1 Å². The van der Waals surface area contributed by atoms with Crippen molar-refractivity contribution >= 4 is 63.7 Å². The molecular weight excluding hydrogens is 457 g/mol. The van der Waals surface area contributed by atoms with E-state index in [1.165, 1.54) is 4.90 Å². The van der Waals surface area contributed by atoms with Gasteiger partial charge in [-0.25, -0.2) is 14.6 Å². The molecule has 3 amide bonds.